The van der Waals surface area contributed by atoms with Crippen molar-refractivity contribution in [1.82, 2.24) is 4.90 Å². The molecule has 170 valence electrons. The van der Waals surface area contributed by atoms with Crippen LogP contribution in [0.2, 0.25) is 0 Å². The number of hydrogen-bond acceptors (Lipinski definition) is 5. The van der Waals surface area contributed by atoms with Crippen LogP contribution < -0.4 is 0 Å². The molecule has 2 aromatic rings. The van der Waals surface area contributed by atoms with E-state index in [0.717, 1.165) is 21.6 Å². The van der Waals surface area contributed by atoms with E-state index >= 15 is 0 Å². The molecule has 0 radical (unpaired) electrons. The first kappa shape index (κ1) is 23.5. The minimum absolute atomic E-state index is 0.166. The van der Waals surface area contributed by atoms with Gasteiger partial charge < -0.3 is 9.47 Å². The monoisotopic (exact) mass is 437 g/mol. The van der Waals surface area contributed by atoms with Gasteiger partial charge in [-0.05, 0) is 64.2 Å². The van der Waals surface area contributed by atoms with Crippen LogP contribution in [-0.2, 0) is 25.5 Å². The van der Waals surface area contributed by atoms with Crippen molar-refractivity contribution < 1.29 is 23.9 Å². The lowest BCUT2D eigenvalue weighted by atomic mass is 9.86. The summed E-state index contributed by atoms with van der Waals surface area (Å²) in [4.78, 5) is 39.9. The molecule has 1 unspecified atom stereocenters. The number of rotatable bonds is 5. The number of esters is 1. The van der Waals surface area contributed by atoms with E-state index in [4.69, 9.17) is 9.47 Å². The first-order valence-electron chi connectivity index (χ1n) is 10.9. The molecule has 1 aliphatic rings. The van der Waals surface area contributed by atoms with Gasteiger partial charge in [-0.25, -0.2) is 9.69 Å². The Labute approximate surface area is 189 Å². The number of benzene rings is 2. The number of ether oxygens (including phenoxy) is 2. The molecule has 1 heterocycles. The van der Waals surface area contributed by atoms with Crippen molar-refractivity contribution in [2.75, 3.05) is 6.61 Å². The third-order valence-electron chi connectivity index (χ3n) is 5.55. The van der Waals surface area contributed by atoms with Crippen LogP contribution in [0.3, 0.4) is 0 Å². The fourth-order valence-corrected chi connectivity index (χ4v) is 3.99. The van der Waals surface area contributed by atoms with Crippen molar-refractivity contribution in [1.29, 1.82) is 0 Å². The number of amides is 2. The van der Waals surface area contributed by atoms with Crippen LogP contribution in [0.5, 0.6) is 0 Å². The molecule has 1 fully saturated rings. The predicted molar refractivity (Wildman–Crippen MR) is 122 cm³/mol. The number of likely N-dealkylation sites (tertiary alicyclic amines) is 1. The summed E-state index contributed by atoms with van der Waals surface area (Å²) in [5, 5.41) is 0. The molecule has 6 nitrogen and oxygen atoms in total. The third-order valence-corrected chi connectivity index (χ3v) is 5.55. The average molecular weight is 438 g/mol. The standard InChI is InChI=1S/C26H31NO5/c1-6-31-23(29)26(5)17-21(27(22(26)28)24(30)32-25(2,3)4)16-18-12-14-20(15-13-18)19-10-8-7-9-11-19/h7-15,21H,6,16-17H2,1-5H3/t21-,26?/m1/s1. The van der Waals surface area contributed by atoms with Crippen molar-refractivity contribution in [3.05, 3.63) is 60.2 Å². The number of carbonyl (C=O) groups is 3. The summed E-state index contributed by atoms with van der Waals surface area (Å²) in [7, 11) is 0. The van der Waals surface area contributed by atoms with Crippen molar-refractivity contribution in [2.45, 2.75) is 59.1 Å². The van der Waals surface area contributed by atoms with E-state index in [-0.39, 0.29) is 13.0 Å². The summed E-state index contributed by atoms with van der Waals surface area (Å²) in [6.07, 6.45) is -0.124. The largest absolute Gasteiger partial charge is 0.465 e. The second kappa shape index (κ2) is 9.15. The van der Waals surface area contributed by atoms with E-state index in [0.29, 0.717) is 6.42 Å². The van der Waals surface area contributed by atoms with E-state index < -0.39 is 35.0 Å². The van der Waals surface area contributed by atoms with Crippen LogP contribution in [0, 0.1) is 5.41 Å². The van der Waals surface area contributed by atoms with E-state index in [1.807, 2.05) is 54.6 Å². The molecular formula is C26H31NO5. The summed E-state index contributed by atoms with van der Waals surface area (Å²) in [5.74, 6) is -1.18. The van der Waals surface area contributed by atoms with Crippen LogP contribution in [-0.4, -0.2) is 41.1 Å². The minimum atomic E-state index is -1.42. The molecule has 0 bridgehead atoms. The Morgan fingerprint density at radius 1 is 1.03 bits per heavy atom. The lowest BCUT2D eigenvalue weighted by Crippen LogP contribution is -2.46. The van der Waals surface area contributed by atoms with Gasteiger partial charge >= 0.3 is 12.1 Å². The van der Waals surface area contributed by atoms with E-state index in [2.05, 4.69) is 0 Å². The van der Waals surface area contributed by atoms with Crippen LogP contribution in [0.1, 0.15) is 46.6 Å². The Kier molecular flexibility index (Phi) is 6.72. The predicted octanol–water partition coefficient (Wildman–Crippen LogP) is 5.00. The molecule has 0 aromatic heterocycles. The van der Waals surface area contributed by atoms with Gasteiger partial charge in [0.05, 0.1) is 6.61 Å². The average Bonchev–Trinajstić information content (AvgIpc) is 2.99. The zero-order valence-corrected chi connectivity index (χ0v) is 19.4. The molecule has 2 amide bonds. The quantitative estimate of drug-likeness (QED) is 0.486. The Balaban J connectivity index is 1.86. The SMILES string of the molecule is CCOC(=O)C1(C)C[C@@H](Cc2ccc(-c3ccccc3)cc2)N(C(=O)OC(C)(C)C)C1=O. The molecule has 0 saturated carbocycles. The second-order valence-electron chi connectivity index (χ2n) is 9.33. The molecule has 0 N–H and O–H groups in total. The minimum Gasteiger partial charge on any atom is -0.465 e. The summed E-state index contributed by atoms with van der Waals surface area (Å²) in [6, 6.07) is 17.5. The van der Waals surface area contributed by atoms with E-state index in [1.54, 1.807) is 34.6 Å². The van der Waals surface area contributed by atoms with Gasteiger partial charge in [-0.2, -0.15) is 0 Å². The number of nitrogens with zero attached hydrogens (tertiary/aromatic N) is 1. The van der Waals surface area contributed by atoms with Crippen LogP contribution in [0.25, 0.3) is 11.1 Å². The number of imide groups is 1. The molecular weight excluding hydrogens is 406 g/mol. The molecule has 1 saturated heterocycles. The van der Waals surface area contributed by atoms with Gasteiger partial charge in [-0.1, -0.05) is 54.6 Å². The van der Waals surface area contributed by atoms with Crippen LogP contribution in [0.15, 0.2) is 54.6 Å². The maximum Gasteiger partial charge on any atom is 0.417 e. The van der Waals surface area contributed by atoms with Gasteiger partial charge in [0, 0.05) is 6.04 Å². The lowest BCUT2D eigenvalue weighted by Gasteiger charge is -2.27. The molecule has 6 heteroatoms. The highest BCUT2D eigenvalue weighted by Crippen LogP contribution is 2.39. The van der Waals surface area contributed by atoms with Crippen molar-refractivity contribution >= 4 is 18.0 Å². The van der Waals surface area contributed by atoms with Gasteiger partial charge in [0.2, 0.25) is 5.91 Å². The molecule has 1 aliphatic heterocycles. The topological polar surface area (TPSA) is 72.9 Å². The summed E-state index contributed by atoms with van der Waals surface area (Å²) < 4.78 is 10.6. The van der Waals surface area contributed by atoms with Crippen molar-refractivity contribution in [2.24, 2.45) is 5.41 Å². The summed E-state index contributed by atoms with van der Waals surface area (Å²) in [6.45, 7) is 8.63. The first-order chi connectivity index (χ1) is 15.0. The van der Waals surface area contributed by atoms with Crippen LogP contribution >= 0.6 is 0 Å². The maximum absolute atomic E-state index is 13.2. The van der Waals surface area contributed by atoms with Gasteiger partial charge in [0.25, 0.3) is 0 Å². The van der Waals surface area contributed by atoms with Gasteiger partial charge in [0.15, 0.2) is 0 Å². The Morgan fingerprint density at radius 3 is 2.19 bits per heavy atom. The van der Waals surface area contributed by atoms with Gasteiger partial charge in [0.1, 0.15) is 11.0 Å². The van der Waals surface area contributed by atoms with Gasteiger partial charge in [-0.3, -0.25) is 9.59 Å². The number of hydrogen-bond donors (Lipinski definition) is 0. The zero-order chi connectivity index (χ0) is 23.5. The molecule has 3 rings (SSSR count). The first-order valence-corrected chi connectivity index (χ1v) is 10.9. The molecule has 0 aliphatic carbocycles. The fourth-order valence-electron chi connectivity index (χ4n) is 3.99. The molecule has 2 atom stereocenters. The Hall–Kier alpha value is -3.15. The van der Waals surface area contributed by atoms with E-state index in [9.17, 15) is 14.4 Å². The molecule has 32 heavy (non-hydrogen) atoms. The molecule has 0 spiro atoms. The van der Waals surface area contributed by atoms with Crippen molar-refractivity contribution in [3.63, 3.8) is 0 Å². The summed E-state index contributed by atoms with van der Waals surface area (Å²) >= 11 is 0. The Morgan fingerprint density at radius 2 is 1.62 bits per heavy atom. The third kappa shape index (κ3) is 5.01. The van der Waals surface area contributed by atoms with Crippen LogP contribution in [0.4, 0.5) is 4.79 Å². The second-order valence-corrected chi connectivity index (χ2v) is 9.33. The number of carbonyl (C=O) groups excluding carboxylic acids is 3. The Bertz CT molecular complexity index is 978. The van der Waals surface area contributed by atoms with Crippen molar-refractivity contribution in [3.8, 4) is 11.1 Å². The van der Waals surface area contributed by atoms with E-state index in [1.165, 1.54) is 0 Å². The molecule has 2 aromatic carbocycles. The normalized spacial score (nSPS) is 20.8. The van der Waals surface area contributed by atoms with Gasteiger partial charge in [-0.15, -0.1) is 0 Å². The smallest absolute Gasteiger partial charge is 0.417 e. The highest BCUT2D eigenvalue weighted by molar-refractivity contribution is 6.09. The summed E-state index contributed by atoms with van der Waals surface area (Å²) in [5.41, 5.74) is 0.978. The lowest BCUT2D eigenvalue weighted by molar-refractivity contribution is -0.159. The maximum atomic E-state index is 13.2. The highest BCUT2D eigenvalue weighted by atomic mass is 16.6. The zero-order valence-electron chi connectivity index (χ0n) is 19.4. The highest BCUT2D eigenvalue weighted by Gasteiger charge is 2.57. The fraction of sp³-hybridized carbons (Fsp3) is 0.423.